The highest BCUT2D eigenvalue weighted by Gasteiger charge is 2.39. The molecule has 6 rings (SSSR count). The third kappa shape index (κ3) is 9.21. The molecule has 2 atom stereocenters. The third-order valence-electron chi connectivity index (χ3n) is 9.27. The van der Waals surface area contributed by atoms with E-state index in [4.69, 9.17) is 19.9 Å². The van der Waals surface area contributed by atoms with Crippen LogP contribution in [0.1, 0.15) is 41.6 Å². The molecule has 13 nitrogen and oxygen atoms in total. The summed E-state index contributed by atoms with van der Waals surface area (Å²) >= 11 is 2.39. The standard InChI is InChI=1S/C39H42N4O9S2/c1-50-38(48)30(23-53-32-22-33(45)43(18-15-40)37(32)47)41-39(49)52-28-13-14-29-31(21-28)54-36(25-5-9-26(44)10-6-25)34(29)35(46)24-7-11-27(12-8-24)51-20-19-42-16-3-2-4-17-42/h5-14,21,30,32,44H,2-4,15-20,22-23,40H2,1H3,(H,41,49). The van der Waals surface area contributed by atoms with Gasteiger partial charge in [0.05, 0.1) is 12.4 Å². The number of carbonyl (C=O) groups excluding carboxylic acids is 5. The molecule has 2 fully saturated rings. The second-order valence-corrected chi connectivity index (χ2v) is 15.2. The normalized spacial score (nSPS) is 16.7. The van der Waals surface area contributed by atoms with Crippen molar-refractivity contribution in [3.63, 3.8) is 0 Å². The Labute approximate surface area is 320 Å². The molecule has 0 aliphatic carbocycles. The number of piperidine rings is 1. The highest BCUT2D eigenvalue weighted by Crippen LogP contribution is 2.42. The number of aromatic hydroxyl groups is 1. The number of rotatable bonds is 15. The summed E-state index contributed by atoms with van der Waals surface area (Å²) in [5, 5.41) is 12.4. The first-order chi connectivity index (χ1) is 26.1. The van der Waals surface area contributed by atoms with Crippen LogP contribution in [0.15, 0.2) is 66.7 Å². The van der Waals surface area contributed by atoms with E-state index in [0.717, 1.165) is 41.9 Å². The molecule has 0 radical (unpaired) electrons. The van der Waals surface area contributed by atoms with Gasteiger partial charge in [-0.3, -0.25) is 24.2 Å². The Morgan fingerprint density at radius 1 is 0.981 bits per heavy atom. The van der Waals surface area contributed by atoms with E-state index in [2.05, 4.69) is 10.2 Å². The van der Waals surface area contributed by atoms with Crippen LogP contribution < -0.4 is 20.5 Å². The monoisotopic (exact) mass is 774 g/mol. The van der Waals surface area contributed by atoms with Crippen molar-refractivity contribution in [1.29, 1.82) is 0 Å². The number of hydrogen-bond acceptors (Lipinski definition) is 13. The molecule has 4 N–H and O–H groups in total. The smallest absolute Gasteiger partial charge is 0.413 e. The van der Waals surface area contributed by atoms with Crippen molar-refractivity contribution in [1.82, 2.24) is 15.1 Å². The fourth-order valence-electron chi connectivity index (χ4n) is 6.45. The lowest BCUT2D eigenvalue weighted by Crippen LogP contribution is -2.45. The van der Waals surface area contributed by atoms with Crippen LogP contribution in [-0.4, -0.2) is 108 Å². The van der Waals surface area contributed by atoms with Crippen molar-refractivity contribution < 1.29 is 43.3 Å². The topological polar surface area (TPSA) is 178 Å². The van der Waals surface area contributed by atoms with Crippen LogP contribution in [0.5, 0.6) is 17.2 Å². The van der Waals surface area contributed by atoms with Crippen molar-refractivity contribution >= 4 is 62.8 Å². The summed E-state index contributed by atoms with van der Waals surface area (Å²) < 4.78 is 17.1. The summed E-state index contributed by atoms with van der Waals surface area (Å²) in [6.07, 6.45) is 2.74. The van der Waals surface area contributed by atoms with E-state index in [-0.39, 0.29) is 54.4 Å². The van der Waals surface area contributed by atoms with E-state index in [9.17, 15) is 29.1 Å². The lowest BCUT2D eigenvalue weighted by atomic mass is 9.97. The van der Waals surface area contributed by atoms with Crippen molar-refractivity contribution in [3.05, 3.63) is 77.9 Å². The number of imide groups is 1. The molecule has 2 unspecified atom stereocenters. The largest absolute Gasteiger partial charge is 0.508 e. The summed E-state index contributed by atoms with van der Waals surface area (Å²) in [6, 6.07) is 17.4. The number of phenolic OH excluding ortho intramolecular Hbond substituents is 1. The predicted molar refractivity (Wildman–Crippen MR) is 206 cm³/mol. The molecule has 2 aliphatic heterocycles. The second kappa shape index (κ2) is 17.9. The number of nitrogens with one attached hydrogen (secondary N) is 1. The number of ether oxygens (including phenoxy) is 3. The number of amides is 3. The van der Waals surface area contributed by atoms with Crippen LogP contribution in [0, 0.1) is 0 Å². The predicted octanol–water partition coefficient (Wildman–Crippen LogP) is 4.82. The maximum Gasteiger partial charge on any atom is 0.413 e. The van der Waals surface area contributed by atoms with Crippen LogP contribution in [0.25, 0.3) is 20.5 Å². The Hall–Kier alpha value is -4.96. The van der Waals surface area contributed by atoms with Gasteiger partial charge < -0.3 is 30.4 Å². The van der Waals surface area contributed by atoms with Crippen LogP contribution in [0.4, 0.5) is 4.79 Å². The maximum atomic E-state index is 14.2. The lowest BCUT2D eigenvalue weighted by Gasteiger charge is -2.26. The Morgan fingerprint density at radius 3 is 2.41 bits per heavy atom. The number of thiophene rings is 1. The van der Waals surface area contributed by atoms with Gasteiger partial charge in [0.15, 0.2) is 5.78 Å². The molecule has 0 spiro atoms. The molecule has 3 aromatic carbocycles. The molecule has 3 amide bonds. The van der Waals surface area contributed by atoms with Gasteiger partial charge in [-0.15, -0.1) is 23.1 Å². The SMILES string of the molecule is COC(=O)C(CSC1CC(=O)N(CCN)C1=O)NC(=O)Oc1ccc2c(C(=O)c3ccc(OCCN4CCCCC4)cc3)c(-c3ccc(O)cc3)sc2c1. The zero-order valence-corrected chi connectivity index (χ0v) is 31.4. The van der Waals surface area contributed by atoms with Crippen LogP contribution in [0.2, 0.25) is 0 Å². The van der Waals surface area contributed by atoms with Crippen LogP contribution in [0.3, 0.4) is 0 Å². The number of hydrogen-bond donors (Lipinski definition) is 3. The summed E-state index contributed by atoms with van der Waals surface area (Å²) in [4.78, 5) is 68.8. The number of thioether (sulfide) groups is 1. The number of carbonyl (C=O) groups is 5. The molecule has 1 aromatic heterocycles. The zero-order chi connectivity index (χ0) is 38.2. The molecule has 284 valence electrons. The van der Waals surface area contributed by atoms with E-state index in [1.807, 2.05) is 0 Å². The van der Waals surface area contributed by atoms with E-state index >= 15 is 0 Å². The second-order valence-electron chi connectivity index (χ2n) is 12.9. The molecule has 0 saturated carbocycles. The summed E-state index contributed by atoms with van der Waals surface area (Å²) in [6.45, 7) is 3.86. The van der Waals surface area contributed by atoms with Crippen molar-refractivity contribution in [2.24, 2.45) is 5.73 Å². The molecule has 2 aliphatic rings. The zero-order valence-electron chi connectivity index (χ0n) is 29.8. The number of esters is 1. The fourth-order valence-corrected chi connectivity index (χ4v) is 8.86. The highest BCUT2D eigenvalue weighted by molar-refractivity contribution is 8.00. The van der Waals surface area contributed by atoms with Gasteiger partial charge >= 0.3 is 12.1 Å². The minimum absolute atomic E-state index is 0.0298. The van der Waals surface area contributed by atoms with Gasteiger partial charge in [-0.1, -0.05) is 6.42 Å². The quantitative estimate of drug-likeness (QED) is 0.0854. The maximum absolute atomic E-state index is 14.2. The Bertz CT molecular complexity index is 2000. The first kappa shape index (κ1) is 38.8. The van der Waals surface area contributed by atoms with E-state index in [0.29, 0.717) is 38.4 Å². The molecule has 4 aromatic rings. The van der Waals surface area contributed by atoms with Gasteiger partial charge in [-0.25, -0.2) is 9.59 Å². The third-order valence-corrected chi connectivity index (χ3v) is 11.8. The van der Waals surface area contributed by atoms with Crippen molar-refractivity contribution in [2.45, 2.75) is 37.0 Å². The molecule has 3 heterocycles. The van der Waals surface area contributed by atoms with Crippen molar-refractivity contribution in [2.75, 3.05) is 52.2 Å². The first-order valence-corrected chi connectivity index (χ1v) is 19.6. The van der Waals surface area contributed by atoms with Gasteiger partial charge in [0.1, 0.15) is 29.9 Å². The number of nitrogens with zero attached hydrogens (tertiary/aromatic N) is 2. The van der Waals surface area contributed by atoms with Crippen molar-refractivity contribution in [3.8, 4) is 27.7 Å². The average Bonchev–Trinajstić information content (AvgIpc) is 3.69. The van der Waals surface area contributed by atoms with Crippen LogP contribution >= 0.6 is 23.1 Å². The molecule has 0 bridgehead atoms. The van der Waals surface area contributed by atoms with E-state index in [1.54, 1.807) is 66.7 Å². The van der Waals surface area contributed by atoms with Gasteiger partial charge in [0.2, 0.25) is 11.8 Å². The summed E-state index contributed by atoms with van der Waals surface area (Å²) in [5.41, 5.74) is 7.17. The molecule has 15 heteroatoms. The summed E-state index contributed by atoms with van der Waals surface area (Å²) in [7, 11) is 1.18. The van der Waals surface area contributed by atoms with E-state index in [1.165, 1.54) is 37.7 Å². The Kier molecular flexibility index (Phi) is 12.9. The minimum atomic E-state index is -1.17. The average molecular weight is 775 g/mol. The first-order valence-electron chi connectivity index (χ1n) is 17.7. The number of benzene rings is 3. The number of likely N-dealkylation sites (tertiary alicyclic amines) is 2. The number of ketones is 1. The van der Waals surface area contributed by atoms with Crippen LogP contribution in [-0.2, 0) is 19.1 Å². The molecular formula is C39H42N4O9S2. The number of phenols is 1. The lowest BCUT2D eigenvalue weighted by molar-refractivity contribution is -0.142. The molecular weight excluding hydrogens is 733 g/mol. The summed E-state index contributed by atoms with van der Waals surface area (Å²) in [5.74, 6) is -0.792. The fraction of sp³-hybridized carbons (Fsp3) is 0.359. The number of fused-ring (bicyclic) bond motifs is 1. The van der Waals surface area contributed by atoms with Gasteiger partial charge in [0.25, 0.3) is 0 Å². The van der Waals surface area contributed by atoms with Gasteiger partial charge in [-0.2, -0.15) is 0 Å². The Morgan fingerprint density at radius 2 is 1.70 bits per heavy atom. The van der Waals surface area contributed by atoms with Gasteiger partial charge in [-0.05, 0) is 98.2 Å². The number of nitrogens with two attached hydrogens (primary N) is 1. The minimum Gasteiger partial charge on any atom is -0.508 e. The van der Waals surface area contributed by atoms with E-state index < -0.39 is 23.4 Å². The highest BCUT2D eigenvalue weighted by atomic mass is 32.2. The number of methoxy groups -OCH3 is 1. The Balaban J connectivity index is 1.16. The molecule has 54 heavy (non-hydrogen) atoms. The molecule has 2 saturated heterocycles. The van der Waals surface area contributed by atoms with Gasteiger partial charge in [0, 0.05) is 57.9 Å².